The van der Waals surface area contributed by atoms with E-state index in [2.05, 4.69) is 0 Å². The second kappa shape index (κ2) is 11.4. The number of nitrogens with zero attached hydrogens (tertiary/aromatic N) is 2. The second-order valence-corrected chi connectivity index (χ2v) is 8.31. The summed E-state index contributed by atoms with van der Waals surface area (Å²) in [4.78, 5) is 29.5. The van der Waals surface area contributed by atoms with Gasteiger partial charge in [-0.2, -0.15) is 0 Å². The number of hydrogen-bond donors (Lipinski definition) is 0. The van der Waals surface area contributed by atoms with Crippen LogP contribution >= 0.6 is 0 Å². The molecule has 0 unspecified atom stereocenters. The number of rotatable bonds is 7. The summed E-state index contributed by atoms with van der Waals surface area (Å²) in [6.45, 7) is 2.41. The molecule has 4 rings (SSSR count). The van der Waals surface area contributed by atoms with Crippen LogP contribution in [0.1, 0.15) is 28.8 Å². The zero-order chi connectivity index (χ0) is 23.8. The van der Waals surface area contributed by atoms with Gasteiger partial charge < -0.3 is 19.3 Å². The number of para-hydroxylation sites is 1. The van der Waals surface area contributed by atoms with Crippen LogP contribution in [-0.2, 0) is 11.2 Å². The van der Waals surface area contributed by atoms with E-state index in [1.807, 2.05) is 76.5 Å². The zero-order valence-electron chi connectivity index (χ0n) is 19.5. The van der Waals surface area contributed by atoms with Gasteiger partial charge in [0.05, 0.1) is 7.11 Å². The van der Waals surface area contributed by atoms with Crippen LogP contribution in [0.15, 0.2) is 78.9 Å². The first kappa shape index (κ1) is 23.4. The molecule has 3 aromatic carbocycles. The third kappa shape index (κ3) is 6.16. The van der Waals surface area contributed by atoms with E-state index >= 15 is 0 Å². The number of methoxy groups -OCH3 is 1. The minimum atomic E-state index is -0.0150. The maximum atomic E-state index is 13.0. The van der Waals surface area contributed by atoms with Crippen molar-refractivity contribution in [1.29, 1.82) is 0 Å². The number of hydrogen-bond acceptors (Lipinski definition) is 4. The molecule has 0 atom stereocenters. The molecule has 0 bridgehead atoms. The Hall–Kier alpha value is -3.80. The molecule has 6 nitrogen and oxygen atoms in total. The molecular weight excluding hydrogens is 428 g/mol. The Balaban J connectivity index is 1.28. The minimum absolute atomic E-state index is 0.0150. The maximum Gasteiger partial charge on any atom is 0.253 e. The molecule has 176 valence electrons. The van der Waals surface area contributed by atoms with Crippen LogP contribution < -0.4 is 9.47 Å². The van der Waals surface area contributed by atoms with Crippen molar-refractivity contribution in [2.45, 2.75) is 19.3 Å². The molecule has 0 radical (unpaired) electrons. The van der Waals surface area contributed by atoms with E-state index in [9.17, 15) is 9.59 Å². The van der Waals surface area contributed by atoms with Crippen molar-refractivity contribution in [3.8, 4) is 17.2 Å². The van der Waals surface area contributed by atoms with Crippen molar-refractivity contribution in [3.05, 3.63) is 90.0 Å². The molecule has 1 saturated heterocycles. The topological polar surface area (TPSA) is 59.1 Å². The highest BCUT2D eigenvalue weighted by molar-refractivity contribution is 5.94. The lowest BCUT2D eigenvalue weighted by molar-refractivity contribution is -0.131. The van der Waals surface area contributed by atoms with E-state index in [4.69, 9.17) is 9.47 Å². The Kier molecular flexibility index (Phi) is 7.81. The van der Waals surface area contributed by atoms with Gasteiger partial charge >= 0.3 is 0 Å². The Labute approximate surface area is 200 Å². The first-order valence-corrected chi connectivity index (χ1v) is 11.7. The summed E-state index contributed by atoms with van der Waals surface area (Å²) in [5.41, 5.74) is 1.74. The average molecular weight is 459 g/mol. The van der Waals surface area contributed by atoms with Gasteiger partial charge in [-0.3, -0.25) is 9.59 Å². The molecule has 1 aliphatic rings. The largest absolute Gasteiger partial charge is 0.497 e. The van der Waals surface area contributed by atoms with Crippen LogP contribution in [0.4, 0.5) is 0 Å². The van der Waals surface area contributed by atoms with Gasteiger partial charge in [0.1, 0.15) is 17.2 Å². The maximum absolute atomic E-state index is 13.0. The van der Waals surface area contributed by atoms with E-state index in [1.54, 1.807) is 19.2 Å². The van der Waals surface area contributed by atoms with Crippen LogP contribution in [0.3, 0.4) is 0 Å². The summed E-state index contributed by atoms with van der Waals surface area (Å²) < 4.78 is 11.0. The Morgan fingerprint density at radius 1 is 0.735 bits per heavy atom. The summed E-state index contributed by atoms with van der Waals surface area (Å²) in [5.74, 6) is 2.37. The molecule has 0 spiro atoms. The first-order chi connectivity index (χ1) is 16.6. The van der Waals surface area contributed by atoms with Crippen LogP contribution in [0.5, 0.6) is 17.2 Å². The first-order valence-electron chi connectivity index (χ1n) is 11.7. The Morgan fingerprint density at radius 3 is 2.06 bits per heavy atom. The normalized spacial score (nSPS) is 13.8. The average Bonchev–Trinajstić information content (AvgIpc) is 3.15. The predicted molar refractivity (Wildman–Crippen MR) is 131 cm³/mol. The van der Waals surface area contributed by atoms with Crippen LogP contribution in [0.2, 0.25) is 0 Å². The lowest BCUT2D eigenvalue weighted by Gasteiger charge is -2.22. The van der Waals surface area contributed by atoms with Gasteiger partial charge in [-0.15, -0.1) is 0 Å². The third-order valence-corrected chi connectivity index (χ3v) is 6.00. The summed E-state index contributed by atoms with van der Waals surface area (Å²) in [5, 5.41) is 0. The van der Waals surface area contributed by atoms with Gasteiger partial charge in [0, 0.05) is 38.2 Å². The lowest BCUT2D eigenvalue weighted by atomic mass is 10.1. The van der Waals surface area contributed by atoms with Crippen molar-refractivity contribution in [2.24, 2.45) is 0 Å². The summed E-state index contributed by atoms with van der Waals surface area (Å²) >= 11 is 0. The van der Waals surface area contributed by atoms with E-state index in [1.165, 1.54) is 0 Å². The van der Waals surface area contributed by atoms with Gasteiger partial charge in [-0.05, 0) is 66.9 Å². The molecular formula is C28H30N2O4. The van der Waals surface area contributed by atoms with Crippen LogP contribution in [0.25, 0.3) is 0 Å². The van der Waals surface area contributed by atoms with Gasteiger partial charge in [0.2, 0.25) is 5.91 Å². The van der Waals surface area contributed by atoms with Crippen molar-refractivity contribution in [3.63, 3.8) is 0 Å². The van der Waals surface area contributed by atoms with Gasteiger partial charge in [-0.1, -0.05) is 30.3 Å². The fourth-order valence-electron chi connectivity index (χ4n) is 4.04. The van der Waals surface area contributed by atoms with Crippen molar-refractivity contribution >= 4 is 11.8 Å². The zero-order valence-corrected chi connectivity index (χ0v) is 19.5. The van der Waals surface area contributed by atoms with E-state index in [0.29, 0.717) is 50.3 Å². The highest BCUT2D eigenvalue weighted by Gasteiger charge is 2.22. The standard InChI is InChI=1S/C28H30N2O4/c1-33-24-13-8-22(9-14-24)10-17-27(31)29-18-5-19-30(21-20-29)28(32)23-11-15-26(16-12-23)34-25-6-3-2-4-7-25/h2-4,6-9,11-16H,5,10,17-21H2,1H3. The van der Waals surface area contributed by atoms with Crippen molar-refractivity contribution in [1.82, 2.24) is 9.80 Å². The molecule has 0 N–H and O–H groups in total. The van der Waals surface area contributed by atoms with Gasteiger partial charge in [-0.25, -0.2) is 0 Å². The lowest BCUT2D eigenvalue weighted by Crippen LogP contribution is -2.37. The fourth-order valence-corrected chi connectivity index (χ4v) is 4.04. The molecule has 6 heteroatoms. The van der Waals surface area contributed by atoms with Gasteiger partial charge in [0.25, 0.3) is 5.91 Å². The number of amides is 2. The smallest absolute Gasteiger partial charge is 0.253 e. The molecule has 0 saturated carbocycles. The highest BCUT2D eigenvalue weighted by atomic mass is 16.5. The number of ether oxygens (including phenoxy) is 2. The monoisotopic (exact) mass is 458 g/mol. The minimum Gasteiger partial charge on any atom is -0.497 e. The molecule has 34 heavy (non-hydrogen) atoms. The fraction of sp³-hybridized carbons (Fsp3) is 0.286. The second-order valence-electron chi connectivity index (χ2n) is 8.31. The summed E-state index contributed by atoms with van der Waals surface area (Å²) in [6.07, 6.45) is 1.93. The quantitative estimate of drug-likeness (QED) is 0.511. The molecule has 0 aromatic heterocycles. The van der Waals surface area contributed by atoms with Gasteiger partial charge in [0.15, 0.2) is 0 Å². The van der Waals surface area contributed by atoms with E-state index in [-0.39, 0.29) is 11.8 Å². The molecule has 3 aromatic rings. The van der Waals surface area contributed by atoms with Crippen molar-refractivity contribution < 1.29 is 19.1 Å². The van der Waals surface area contributed by atoms with Crippen LogP contribution in [-0.4, -0.2) is 54.9 Å². The molecule has 1 aliphatic heterocycles. The number of carbonyl (C=O) groups excluding carboxylic acids is 2. The number of aryl methyl sites for hydroxylation is 1. The predicted octanol–water partition coefficient (Wildman–Crippen LogP) is 4.79. The SMILES string of the molecule is COc1ccc(CCC(=O)N2CCCN(C(=O)c3ccc(Oc4ccccc4)cc3)CC2)cc1. The molecule has 1 heterocycles. The van der Waals surface area contributed by atoms with Crippen molar-refractivity contribution in [2.75, 3.05) is 33.3 Å². The molecule has 1 fully saturated rings. The summed E-state index contributed by atoms with van der Waals surface area (Å²) in [7, 11) is 1.64. The number of carbonyl (C=O) groups is 2. The highest BCUT2D eigenvalue weighted by Crippen LogP contribution is 2.22. The van der Waals surface area contributed by atoms with Crippen LogP contribution in [0, 0.1) is 0 Å². The Morgan fingerprint density at radius 2 is 1.35 bits per heavy atom. The molecule has 2 amide bonds. The number of benzene rings is 3. The van der Waals surface area contributed by atoms with E-state index < -0.39 is 0 Å². The Bertz CT molecular complexity index is 1080. The summed E-state index contributed by atoms with van der Waals surface area (Å²) in [6, 6.07) is 24.6. The van der Waals surface area contributed by atoms with E-state index in [0.717, 1.165) is 23.5 Å². The third-order valence-electron chi connectivity index (χ3n) is 6.00. The molecule has 0 aliphatic carbocycles.